The highest BCUT2D eigenvalue weighted by Gasteiger charge is 2.31. The molecule has 4 rings (SSSR count). The third kappa shape index (κ3) is 5.47. The van der Waals surface area contributed by atoms with E-state index in [2.05, 4.69) is 21.1 Å². The molecule has 0 saturated carbocycles. The van der Waals surface area contributed by atoms with E-state index < -0.39 is 0 Å². The fourth-order valence-electron chi connectivity index (χ4n) is 4.56. The number of pyridine rings is 1. The molecule has 7 nitrogen and oxygen atoms in total. The first kappa shape index (κ1) is 23.1. The number of carbonyl (C=O) groups is 2. The molecule has 1 aromatic carbocycles. The normalized spacial score (nSPS) is 17.7. The van der Waals surface area contributed by atoms with E-state index in [1.165, 1.54) is 5.01 Å². The van der Waals surface area contributed by atoms with E-state index in [1.54, 1.807) is 0 Å². The number of hydrazone groups is 1. The molecule has 0 spiro atoms. The largest absolute Gasteiger partial charge is 0.338 e. The molecule has 0 N–H and O–H groups in total. The summed E-state index contributed by atoms with van der Waals surface area (Å²) < 4.78 is 0. The van der Waals surface area contributed by atoms with Crippen LogP contribution in [-0.2, 0) is 16.0 Å². The molecule has 0 bridgehead atoms. The van der Waals surface area contributed by atoms with Crippen LogP contribution < -0.4 is 5.01 Å². The van der Waals surface area contributed by atoms with Gasteiger partial charge < -0.3 is 9.80 Å². The Balaban J connectivity index is 1.36. The number of hydrogen-bond acceptors (Lipinski definition) is 5. The molecule has 2 aliphatic rings. The molecule has 1 fully saturated rings. The number of likely N-dealkylation sites (tertiary alicyclic amines) is 1. The van der Waals surface area contributed by atoms with Gasteiger partial charge in [0, 0.05) is 63.9 Å². The van der Waals surface area contributed by atoms with Crippen molar-refractivity contribution in [2.24, 2.45) is 5.10 Å². The monoisotopic (exact) mass is 447 g/mol. The molecule has 3 heterocycles. The minimum Gasteiger partial charge on any atom is -0.338 e. The molecule has 2 aliphatic heterocycles. The SMILES string of the molecule is Cc1ccc(C)c(N2N=C(C(=O)N(C)C3CCN(CCc4ccccn4)CC3)CCC2=O)c1. The van der Waals surface area contributed by atoms with Crippen LogP contribution in [0.1, 0.15) is 42.5 Å². The lowest BCUT2D eigenvalue weighted by molar-refractivity contribution is -0.126. The van der Waals surface area contributed by atoms with E-state index >= 15 is 0 Å². The van der Waals surface area contributed by atoms with E-state index in [9.17, 15) is 9.59 Å². The lowest BCUT2D eigenvalue weighted by atomic mass is 10.0. The van der Waals surface area contributed by atoms with Gasteiger partial charge in [-0.25, -0.2) is 5.01 Å². The van der Waals surface area contributed by atoms with Crippen LogP contribution in [0.25, 0.3) is 0 Å². The number of nitrogens with zero attached hydrogens (tertiary/aromatic N) is 5. The van der Waals surface area contributed by atoms with Crippen molar-refractivity contribution in [3.63, 3.8) is 0 Å². The zero-order valence-corrected chi connectivity index (χ0v) is 19.8. The first-order chi connectivity index (χ1) is 15.9. The van der Waals surface area contributed by atoms with Crippen LogP contribution in [0.15, 0.2) is 47.7 Å². The van der Waals surface area contributed by atoms with Gasteiger partial charge in [0.1, 0.15) is 5.71 Å². The quantitative estimate of drug-likeness (QED) is 0.681. The molecule has 0 atom stereocenters. The predicted octanol–water partition coefficient (Wildman–Crippen LogP) is 3.35. The number of anilines is 1. The second-order valence-electron chi connectivity index (χ2n) is 9.10. The molecular weight excluding hydrogens is 414 g/mol. The minimum atomic E-state index is -0.0656. The van der Waals surface area contributed by atoms with Gasteiger partial charge in [0.2, 0.25) is 5.91 Å². The molecule has 0 radical (unpaired) electrons. The third-order valence-corrected chi connectivity index (χ3v) is 6.71. The number of rotatable bonds is 6. The van der Waals surface area contributed by atoms with Crippen molar-refractivity contribution in [1.29, 1.82) is 0 Å². The van der Waals surface area contributed by atoms with Crippen LogP contribution in [0.3, 0.4) is 0 Å². The Morgan fingerprint density at radius 2 is 1.91 bits per heavy atom. The maximum atomic E-state index is 13.3. The molecule has 33 heavy (non-hydrogen) atoms. The lowest BCUT2D eigenvalue weighted by Gasteiger charge is -2.37. The van der Waals surface area contributed by atoms with Crippen molar-refractivity contribution in [2.75, 3.05) is 31.7 Å². The van der Waals surface area contributed by atoms with Crippen molar-refractivity contribution in [3.05, 3.63) is 59.4 Å². The second-order valence-corrected chi connectivity index (χ2v) is 9.10. The van der Waals surface area contributed by atoms with Crippen LogP contribution in [0.4, 0.5) is 5.69 Å². The third-order valence-electron chi connectivity index (χ3n) is 6.71. The van der Waals surface area contributed by atoms with Crippen LogP contribution in [0.2, 0.25) is 0 Å². The zero-order chi connectivity index (χ0) is 23.4. The number of aromatic nitrogens is 1. The van der Waals surface area contributed by atoms with Gasteiger partial charge in [0.25, 0.3) is 5.91 Å². The van der Waals surface area contributed by atoms with Gasteiger partial charge in [-0.05, 0) is 56.0 Å². The van der Waals surface area contributed by atoms with Crippen LogP contribution in [-0.4, -0.2) is 65.0 Å². The van der Waals surface area contributed by atoms with Gasteiger partial charge >= 0.3 is 0 Å². The summed E-state index contributed by atoms with van der Waals surface area (Å²) in [5, 5.41) is 5.94. The highest BCUT2D eigenvalue weighted by Crippen LogP contribution is 2.26. The molecule has 1 aromatic heterocycles. The predicted molar refractivity (Wildman–Crippen MR) is 130 cm³/mol. The standard InChI is InChI=1S/C26H33N5O2/c1-19-7-8-20(2)24(18-19)31-25(32)10-9-23(28-31)26(33)29(3)22-12-16-30(17-13-22)15-11-21-6-4-5-14-27-21/h4-8,14,18,22H,9-13,15-17H2,1-3H3. The Labute approximate surface area is 196 Å². The fourth-order valence-corrected chi connectivity index (χ4v) is 4.56. The minimum absolute atomic E-state index is 0.0651. The number of aryl methyl sites for hydroxylation is 2. The van der Waals surface area contributed by atoms with Crippen molar-refractivity contribution in [1.82, 2.24) is 14.8 Å². The molecule has 2 aromatic rings. The van der Waals surface area contributed by atoms with Crippen molar-refractivity contribution >= 4 is 23.2 Å². The number of amides is 2. The van der Waals surface area contributed by atoms with Gasteiger partial charge in [-0.2, -0.15) is 5.10 Å². The van der Waals surface area contributed by atoms with Crippen molar-refractivity contribution in [3.8, 4) is 0 Å². The number of piperidine rings is 1. The first-order valence-corrected chi connectivity index (χ1v) is 11.8. The number of carbonyl (C=O) groups excluding carboxylic acids is 2. The van der Waals surface area contributed by atoms with E-state index in [1.807, 2.05) is 62.3 Å². The highest BCUT2D eigenvalue weighted by molar-refractivity contribution is 6.40. The average Bonchev–Trinajstić information content (AvgIpc) is 2.85. The summed E-state index contributed by atoms with van der Waals surface area (Å²) >= 11 is 0. The molecule has 0 aliphatic carbocycles. The number of benzene rings is 1. The maximum absolute atomic E-state index is 13.3. The van der Waals surface area contributed by atoms with Gasteiger partial charge in [-0.15, -0.1) is 0 Å². The van der Waals surface area contributed by atoms with Crippen molar-refractivity contribution < 1.29 is 9.59 Å². The topological polar surface area (TPSA) is 69.1 Å². The number of hydrogen-bond donors (Lipinski definition) is 0. The Kier molecular flexibility index (Phi) is 7.18. The summed E-state index contributed by atoms with van der Waals surface area (Å²) in [7, 11) is 1.87. The Hall–Kier alpha value is -3.06. The maximum Gasteiger partial charge on any atom is 0.270 e. The van der Waals surface area contributed by atoms with Gasteiger partial charge in [0.05, 0.1) is 5.69 Å². The summed E-state index contributed by atoms with van der Waals surface area (Å²) in [6.45, 7) is 6.87. The second kappa shape index (κ2) is 10.3. The summed E-state index contributed by atoms with van der Waals surface area (Å²) in [6.07, 6.45) is 5.36. The Morgan fingerprint density at radius 3 is 2.64 bits per heavy atom. The molecule has 2 amide bonds. The van der Waals surface area contributed by atoms with Gasteiger partial charge in [-0.3, -0.25) is 14.6 Å². The van der Waals surface area contributed by atoms with E-state index in [0.717, 1.165) is 61.4 Å². The summed E-state index contributed by atoms with van der Waals surface area (Å²) in [4.78, 5) is 34.5. The average molecular weight is 448 g/mol. The molecule has 174 valence electrons. The van der Waals surface area contributed by atoms with Crippen LogP contribution >= 0.6 is 0 Å². The van der Waals surface area contributed by atoms with E-state index in [-0.39, 0.29) is 17.9 Å². The summed E-state index contributed by atoms with van der Waals surface area (Å²) in [6, 6.07) is 12.2. The molecule has 0 unspecified atom stereocenters. The lowest BCUT2D eigenvalue weighted by Crippen LogP contribution is -2.49. The van der Waals surface area contributed by atoms with Crippen LogP contribution in [0.5, 0.6) is 0 Å². The van der Waals surface area contributed by atoms with E-state index in [4.69, 9.17) is 0 Å². The molecule has 1 saturated heterocycles. The van der Waals surface area contributed by atoms with E-state index in [0.29, 0.717) is 18.6 Å². The van der Waals surface area contributed by atoms with Crippen molar-refractivity contribution in [2.45, 2.75) is 52.0 Å². The van der Waals surface area contributed by atoms with Gasteiger partial charge in [-0.1, -0.05) is 18.2 Å². The van der Waals surface area contributed by atoms with Gasteiger partial charge in [0.15, 0.2) is 0 Å². The fraction of sp³-hybridized carbons (Fsp3) is 0.462. The summed E-state index contributed by atoms with van der Waals surface area (Å²) in [5.41, 5.74) is 4.37. The van der Waals surface area contributed by atoms with Crippen LogP contribution in [0, 0.1) is 13.8 Å². The highest BCUT2D eigenvalue weighted by atomic mass is 16.2. The first-order valence-electron chi connectivity index (χ1n) is 11.8. The summed E-state index contributed by atoms with van der Waals surface area (Å²) in [5.74, 6) is -0.131. The Morgan fingerprint density at radius 1 is 1.12 bits per heavy atom. The smallest absolute Gasteiger partial charge is 0.270 e. The molecule has 7 heteroatoms. The zero-order valence-electron chi connectivity index (χ0n) is 19.8. The molecular formula is C26H33N5O2. The Bertz CT molecular complexity index is 1030.